The maximum Gasteiger partial charge on any atom is 0.150 e. The molecule has 0 aromatic carbocycles. The van der Waals surface area contributed by atoms with Crippen molar-refractivity contribution >= 4 is 33.6 Å². The minimum absolute atomic E-state index is 0.115. The maximum atomic E-state index is 8.74. The monoisotopic (exact) mass is 289 g/mol. The Bertz CT molecular complexity index is 424. The molecule has 0 saturated carbocycles. The van der Waals surface area contributed by atoms with E-state index in [1.807, 2.05) is 6.07 Å². The number of hydrogen-bond donors (Lipinski definition) is 1. The Balaban J connectivity index is 2.55. The van der Waals surface area contributed by atoms with Gasteiger partial charge >= 0.3 is 0 Å². The van der Waals surface area contributed by atoms with Crippen LogP contribution in [0.4, 0.5) is 0 Å². The molecule has 0 aliphatic rings. The highest BCUT2D eigenvalue weighted by molar-refractivity contribution is 14.1. The number of aromatic nitrogens is 1. The zero-order chi connectivity index (χ0) is 9.26. The molecule has 0 aliphatic heterocycles. The molecule has 2 heterocycles. The van der Waals surface area contributed by atoms with E-state index in [1.54, 1.807) is 12.4 Å². The van der Waals surface area contributed by atoms with Crippen molar-refractivity contribution in [2.75, 3.05) is 6.61 Å². The van der Waals surface area contributed by atoms with Gasteiger partial charge in [-0.05, 0) is 28.7 Å². The topological polar surface area (TPSA) is 46.3 Å². The van der Waals surface area contributed by atoms with Crippen LogP contribution in [0, 0.1) is 3.57 Å². The van der Waals surface area contributed by atoms with Gasteiger partial charge in [0, 0.05) is 24.2 Å². The van der Waals surface area contributed by atoms with E-state index in [0.717, 1.165) is 20.3 Å². The van der Waals surface area contributed by atoms with E-state index in [1.165, 1.54) is 0 Å². The van der Waals surface area contributed by atoms with Gasteiger partial charge in [0.15, 0.2) is 5.58 Å². The highest BCUT2D eigenvalue weighted by Crippen LogP contribution is 2.23. The van der Waals surface area contributed by atoms with Crippen molar-refractivity contribution < 1.29 is 9.52 Å². The standard InChI is InChI=1S/C9H8INO2/c10-8-5-11-4-6-3-7(1-2-12)13-9(6)8/h3-5,12H,1-2H2. The van der Waals surface area contributed by atoms with Crippen LogP contribution in [-0.4, -0.2) is 16.7 Å². The molecular weight excluding hydrogens is 281 g/mol. The fourth-order valence-corrected chi connectivity index (χ4v) is 1.80. The van der Waals surface area contributed by atoms with Crippen molar-refractivity contribution in [3.63, 3.8) is 0 Å². The van der Waals surface area contributed by atoms with Crippen molar-refractivity contribution in [1.82, 2.24) is 4.98 Å². The second-order valence-corrected chi connectivity index (χ2v) is 3.89. The SMILES string of the molecule is OCCc1cc2cncc(I)c2o1. The van der Waals surface area contributed by atoms with Crippen LogP contribution in [0.5, 0.6) is 0 Å². The molecule has 1 N–H and O–H groups in total. The zero-order valence-electron chi connectivity index (χ0n) is 6.83. The van der Waals surface area contributed by atoms with Gasteiger partial charge in [0.05, 0.1) is 10.2 Å². The van der Waals surface area contributed by atoms with E-state index in [-0.39, 0.29) is 6.61 Å². The molecule has 0 radical (unpaired) electrons. The van der Waals surface area contributed by atoms with Gasteiger partial charge in [0.1, 0.15) is 5.76 Å². The van der Waals surface area contributed by atoms with Gasteiger partial charge in [-0.1, -0.05) is 0 Å². The lowest BCUT2D eigenvalue weighted by Crippen LogP contribution is -1.85. The summed E-state index contributed by atoms with van der Waals surface area (Å²) in [7, 11) is 0. The summed E-state index contributed by atoms with van der Waals surface area (Å²) < 4.78 is 6.53. The van der Waals surface area contributed by atoms with Crippen LogP contribution in [0.25, 0.3) is 11.0 Å². The molecule has 68 valence electrons. The molecule has 0 bridgehead atoms. The average Bonchev–Trinajstić information content (AvgIpc) is 2.49. The molecule has 0 aliphatic carbocycles. The Morgan fingerprint density at radius 3 is 3.00 bits per heavy atom. The summed E-state index contributed by atoms with van der Waals surface area (Å²) in [5, 5.41) is 9.73. The predicted molar refractivity (Wildman–Crippen MR) is 57.5 cm³/mol. The molecule has 2 aromatic rings. The largest absolute Gasteiger partial charge is 0.460 e. The summed E-state index contributed by atoms with van der Waals surface area (Å²) in [6.07, 6.45) is 4.09. The van der Waals surface area contributed by atoms with Gasteiger partial charge in [0.2, 0.25) is 0 Å². The third kappa shape index (κ3) is 1.68. The Morgan fingerprint density at radius 1 is 1.46 bits per heavy atom. The van der Waals surface area contributed by atoms with Crippen LogP contribution in [-0.2, 0) is 6.42 Å². The molecule has 0 saturated heterocycles. The lowest BCUT2D eigenvalue weighted by molar-refractivity contribution is 0.289. The van der Waals surface area contributed by atoms with Gasteiger partial charge in [0.25, 0.3) is 0 Å². The van der Waals surface area contributed by atoms with Crippen LogP contribution in [0.1, 0.15) is 5.76 Å². The number of aliphatic hydroxyl groups excluding tert-OH is 1. The van der Waals surface area contributed by atoms with Gasteiger partial charge in [-0.2, -0.15) is 0 Å². The smallest absolute Gasteiger partial charge is 0.150 e. The molecule has 3 nitrogen and oxygen atoms in total. The molecule has 2 aromatic heterocycles. The third-order valence-electron chi connectivity index (χ3n) is 1.79. The molecule has 0 spiro atoms. The molecule has 13 heavy (non-hydrogen) atoms. The number of fused-ring (bicyclic) bond motifs is 1. The summed E-state index contributed by atoms with van der Waals surface area (Å²) in [5.41, 5.74) is 0.860. The summed E-state index contributed by atoms with van der Waals surface area (Å²) >= 11 is 2.18. The first kappa shape index (κ1) is 8.96. The third-order valence-corrected chi connectivity index (χ3v) is 2.56. The number of nitrogens with zero attached hydrogens (tertiary/aromatic N) is 1. The fraction of sp³-hybridized carbons (Fsp3) is 0.222. The first-order valence-electron chi connectivity index (χ1n) is 3.94. The van der Waals surface area contributed by atoms with Crippen molar-refractivity contribution in [2.24, 2.45) is 0 Å². The number of halogens is 1. The van der Waals surface area contributed by atoms with Crippen LogP contribution >= 0.6 is 22.6 Å². The Labute approximate surface area is 88.9 Å². The van der Waals surface area contributed by atoms with Crippen molar-refractivity contribution in [3.8, 4) is 0 Å². The minimum Gasteiger partial charge on any atom is -0.460 e. The van der Waals surface area contributed by atoms with Crippen molar-refractivity contribution in [2.45, 2.75) is 6.42 Å². The van der Waals surface area contributed by atoms with E-state index in [9.17, 15) is 0 Å². The zero-order valence-corrected chi connectivity index (χ0v) is 8.98. The highest BCUT2D eigenvalue weighted by atomic mass is 127. The van der Waals surface area contributed by atoms with Crippen LogP contribution < -0.4 is 0 Å². The molecule has 0 unspecified atom stereocenters. The normalized spacial score (nSPS) is 10.9. The van der Waals surface area contributed by atoms with E-state index < -0.39 is 0 Å². The van der Waals surface area contributed by atoms with Gasteiger partial charge in [-0.3, -0.25) is 4.98 Å². The minimum atomic E-state index is 0.115. The quantitative estimate of drug-likeness (QED) is 0.860. The average molecular weight is 289 g/mol. The molecule has 2 rings (SSSR count). The van der Waals surface area contributed by atoms with Gasteiger partial charge in [-0.15, -0.1) is 0 Å². The summed E-state index contributed by atoms with van der Waals surface area (Å²) in [5.74, 6) is 0.809. The fourth-order valence-electron chi connectivity index (χ4n) is 1.22. The highest BCUT2D eigenvalue weighted by Gasteiger charge is 2.05. The van der Waals surface area contributed by atoms with E-state index in [4.69, 9.17) is 9.52 Å². The number of rotatable bonds is 2. The van der Waals surface area contributed by atoms with Crippen molar-refractivity contribution in [3.05, 3.63) is 27.8 Å². The Kier molecular flexibility index (Phi) is 2.50. The maximum absolute atomic E-state index is 8.74. The number of aliphatic hydroxyl groups is 1. The lowest BCUT2D eigenvalue weighted by atomic mass is 10.3. The van der Waals surface area contributed by atoms with E-state index in [0.29, 0.717) is 6.42 Å². The Hall–Kier alpha value is -0.620. The second kappa shape index (κ2) is 3.63. The molecule has 0 amide bonds. The summed E-state index contributed by atoms with van der Waals surface area (Å²) in [6, 6.07) is 1.92. The number of hydrogen-bond acceptors (Lipinski definition) is 3. The van der Waals surface area contributed by atoms with Gasteiger partial charge in [-0.25, -0.2) is 0 Å². The van der Waals surface area contributed by atoms with Crippen LogP contribution in [0.3, 0.4) is 0 Å². The van der Waals surface area contributed by atoms with E-state index >= 15 is 0 Å². The number of furan rings is 1. The van der Waals surface area contributed by atoms with Crippen molar-refractivity contribution in [1.29, 1.82) is 0 Å². The predicted octanol–water partition coefficient (Wildman–Crippen LogP) is 1.97. The molecule has 0 atom stereocenters. The van der Waals surface area contributed by atoms with Crippen LogP contribution in [0.15, 0.2) is 22.9 Å². The first-order chi connectivity index (χ1) is 6.31. The Morgan fingerprint density at radius 2 is 2.31 bits per heavy atom. The summed E-state index contributed by atoms with van der Waals surface area (Å²) in [6.45, 7) is 0.115. The second-order valence-electron chi connectivity index (χ2n) is 2.73. The van der Waals surface area contributed by atoms with Crippen LogP contribution in [0.2, 0.25) is 0 Å². The van der Waals surface area contributed by atoms with E-state index in [2.05, 4.69) is 27.6 Å². The summed E-state index contributed by atoms with van der Waals surface area (Å²) in [4.78, 5) is 4.06. The first-order valence-corrected chi connectivity index (χ1v) is 5.02. The van der Waals surface area contributed by atoms with Gasteiger partial charge < -0.3 is 9.52 Å². The molecular formula is C9H8INO2. The number of pyridine rings is 1. The lowest BCUT2D eigenvalue weighted by Gasteiger charge is -1.90. The molecule has 4 heteroatoms. The molecule has 0 fully saturated rings.